The first kappa shape index (κ1) is 19.5. The molecule has 130 valence electrons. The molecule has 1 amide bonds. The zero-order chi connectivity index (χ0) is 17.1. The highest BCUT2D eigenvalue weighted by atomic mass is 16.4. The van der Waals surface area contributed by atoms with Crippen LogP contribution in [0.5, 0.6) is 0 Å². The maximum Gasteiger partial charge on any atom is 0.404 e. The number of hydrogen-bond acceptors (Lipinski definition) is 3. The van der Waals surface area contributed by atoms with E-state index in [1.54, 1.807) is 0 Å². The third-order valence-electron chi connectivity index (χ3n) is 3.81. The number of unbranched alkanes of at least 4 members (excludes halogenated alkanes) is 1. The van der Waals surface area contributed by atoms with Crippen LogP contribution in [0, 0.1) is 5.92 Å². The summed E-state index contributed by atoms with van der Waals surface area (Å²) in [6.45, 7) is 5.65. The molecule has 0 radical (unpaired) electrons. The van der Waals surface area contributed by atoms with Crippen LogP contribution in [0.25, 0.3) is 0 Å². The number of benzene rings is 1. The van der Waals surface area contributed by atoms with E-state index in [0.717, 1.165) is 24.4 Å². The van der Waals surface area contributed by atoms with E-state index < -0.39 is 18.2 Å². The van der Waals surface area contributed by atoms with Crippen molar-refractivity contribution in [1.82, 2.24) is 10.6 Å². The normalized spacial score (nSPS) is 13.7. The van der Waals surface area contributed by atoms with Gasteiger partial charge in [-0.15, -0.1) is 0 Å². The summed E-state index contributed by atoms with van der Waals surface area (Å²) in [5.74, 6) is 0.718. The zero-order valence-corrected chi connectivity index (χ0v) is 14.2. The van der Waals surface area contributed by atoms with Crippen LogP contribution < -0.4 is 10.6 Å². The van der Waals surface area contributed by atoms with E-state index in [1.807, 2.05) is 30.3 Å². The molecule has 1 aromatic carbocycles. The minimum Gasteiger partial charge on any atom is -0.465 e. The Hall–Kier alpha value is -1.59. The Bertz CT molecular complexity index is 437. The van der Waals surface area contributed by atoms with E-state index in [1.165, 1.54) is 12.8 Å². The molecule has 0 aliphatic rings. The maximum absolute atomic E-state index is 10.9. The molecule has 0 saturated carbocycles. The SMILES string of the molecule is CC(C)CCCCNC[C@@H](O)[C@H](Cc1ccccc1)NC(=O)O. The van der Waals surface area contributed by atoms with Crippen LogP contribution in [0.4, 0.5) is 4.79 Å². The Kier molecular flexibility index (Phi) is 9.33. The first-order chi connectivity index (χ1) is 11.0. The van der Waals surface area contributed by atoms with Crippen LogP contribution >= 0.6 is 0 Å². The number of rotatable bonds is 11. The smallest absolute Gasteiger partial charge is 0.404 e. The predicted molar refractivity (Wildman–Crippen MR) is 92.7 cm³/mol. The summed E-state index contributed by atoms with van der Waals surface area (Å²) in [5, 5.41) is 24.9. The lowest BCUT2D eigenvalue weighted by Gasteiger charge is -2.23. The van der Waals surface area contributed by atoms with Crippen molar-refractivity contribution in [2.24, 2.45) is 5.92 Å². The molecule has 0 heterocycles. The lowest BCUT2D eigenvalue weighted by atomic mass is 10.0. The highest BCUT2D eigenvalue weighted by Gasteiger charge is 2.21. The topological polar surface area (TPSA) is 81.6 Å². The van der Waals surface area contributed by atoms with Gasteiger partial charge in [0.15, 0.2) is 0 Å². The molecule has 1 rings (SSSR count). The lowest BCUT2D eigenvalue weighted by molar-refractivity contribution is 0.118. The average Bonchev–Trinajstić information content (AvgIpc) is 2.50. The average molecular weight is 322 g/mol. The van der Waals surface area contributed by atoms with E-state index in [0.29, 0.717) is 13.0 Å². The molecule has 0 aliphatic heterocycles. The molecule has 4 N–H and O–H groups in total. The second-order valence-electron chi connectivity index (χ2n) is 6.41. The number of carbonyl (C=O) groups is 1. The van der Waals surface area contributed by atoms with Crippen LogP contribution in [0.1, 0.15) is 38.7 Å². The molecule has 1 aromatic rings. The van der Waals surface area contributed by atoms with Crippen molar-refractivity contribution in [1.29, 1.82) is 0 Å². The molecule has 0 aromatic heterocycles. The van der Waals surface area contributed by atoms with Gasteiger partial charge in [0.05, 0.1) is 12.1 Å². The molecular weight excluding hydrogens is 292 g/mol. The largest absolute Gasteiger partial charge is 0.465 e. The Balaban J connectivity index is 2.37. The Morgan fingerprint density at radius 3 is 2.48 bits per heavy atom. The van der Waals surface area contributed by atoms with E-state index in [-0.39, 0.29) is 0 Å². The van der Waals surface area contributed by atoms with Crippen molar-refractivity contribution in [2.45, 2.75) is 51.7 Å². The van der Waals surface area contributed by atoms with Crippen LogP contribution in [0.15, 0.2) is 30.3 Å². The van der Waals surface area contributed by atoms with Gasteiger partial charge in [-0.3, -0.25) is 0 Å². The monoisotopic (exact) mass is 322 g/mol. The lowest BCUT2D eigenvalue weighted by Crippen LogP contribution is -2.48. The number of carboxylic acid groups (broad SMARTS) is 1. The van der Waals surface area contributed by atoms with Gasteiger partial charge in [-0.1, -0.05) is 57.0 Å². The van der Waals surface area contributed by atoms with E-state index in [9.17, 15) is 9.90 Å². The van der Waals surface area contributed by atoms with Crippen molar-refractivity contribution in [3.05, 3.63) is 35.9 Å². The summed E-state index contributed by atoms with van der Waals surface area (Å²) in [7, 11) is 0. The molecule has 5 nitrogen and oxygen atoms in total. The molecule has 0 bridgehead atoms. The van der Waals surface area contributed by atoms with Crippen molar-refractivity contribution < 1.29 is 15.0 Å². The molecular formula is C18H30N2O3. The maximum atomic E-state index is 10.9. The summed E-state index contributed by atoms with van der Waals surface area (Å²) >= 11 is 0. The zero-order valence-electron chi connectivity index (χ0n) is 14.2. The third-order valence-corrected chi connectivity index (χ3v) is 3.81. The Morgan fingerprint density at radius 1 is 1.17 bits per heavy atom. The first-order valence-corrected chi connectivity index (χ1v) is 8.41. The third kappa shape index (κ3) is 9.21. The van der Waals surface area contributed by atoms with E-state index in [4.69, 9.17) is 5.11 Å². The van der Waals surface area contributed by atoms with Crippen LogP contribution in [0.2, 0.25) is 0 Å². The second-order valence-corrected chi connectivity index (χ2v) is 6.41. The van der Waals surface area contributed by atoms with Crippen LogP contribution in [0.3, 0.4) is 0 Å². The van der Waals surface area contributed by atoms with Crippen LogP contribution in [-0.2, 0) is 6.42 Å². The first-order valence-electron chi connectivity index (χ1n) is 8.41. The summed E-state index contributed by atoms with van der Waals surface area (Å²) in [6, 6.07) is 9.08. The fourth-order valence-corrected chi connectivity index (χ4v) is 2.50. The summed E-state index contributed by atoms with van der Waals surface area (Å²) < 4.78 is 0. The predicted octanol–water partition coefficient (Wildman–Crippen LogP) is 2.64. The van der Waals surface area contributed by atoms with Gasteiger partial charge < -0.3 is 20.8 Å². The fraction of sp³-hybridized carbons (Fsp3) is 0.611. The standard InChI is InChI=1S/C18H30N2O3/c1-14(2)8-6-7-11-19-13-17(21)16(20-18(22)23)12-15-9-4-3-5-10-15/h3-5,9-10,14,16-17,19-21H,6-8,11-13H2,1-2H3,(H,22,23)/t16-,17+/m0/s1. The highest BCUT2D eigenvalue weighted by molar-refractivity contribution is 5.65. The molecule has 0 saturated heterocycles. The molecule has 23 heavy (non-hydrogen) atoms. The summed E-state index contributed by atoms with van der Waals surface area (Å²) in [4.78, 5) is 10.9. The van der Waals surface area contributed by atoms with Gasteiger partial charge in [0.25, 0.3) is 0 Å². The molecule has 5 heteroatoms. The van der Waals surface area contributed by atoms with Gasteiger partial charge in [0.2, 0.25) is 0 Å². The van der Waals surface area contributed by atoms with Gasteiger partial charge in [0, 0.05) is 6.54 Å². The van der Waals surface area contributed by atoms with Gasteiger partial charge in [-0.05, 0) is 30.9 Å². The summed E-state index contributed by atoms with van der Waals surface area (Å²) in [6.07, 6.45) is 2.06. The van der Waals surface area contributed by atoms with Gasteiger partial charge in [-0.2, -0.15) is 0 Å². The molecule has 0 fully saturated rings. The molecule has 0 unspecified atom stereocenters. The van der Waals surface area contributed by atoms with Crippen molar-refractivity contribution >= 4 is 6.09 Å². The van der Waals surface area contributed by atoms with Crippen molar-refractivity contribution in [3.63, 3.8) is 0 Å². The molecule has 0 spiro atoms. The number of hydrogen-bond donors (Lipinski definition) is 4. The van der Waals surface area contributed by atoms with Crippen molar-refractivity contribution in [3.8, 4) is 0 Å². The number of aliphatic hydroxyl groups excluding tert-OH is 1. The minimum absolute atomic E-state index is 0.388. The van der Waals surface area contributed by atoms with E-state index >= 15 is 0 Å². The quantitative estimate of drug-likeness (QED) is 0.472. The molecule has 0 aliphatic carbocycles. The Morgan fingerprint density at radius 2 is 1.87 bits per heavy atom. The van der Waals surface area contributed by atoms with Gasteiger partial charge >= 0.3 is 6.09 Å². The van der Waals surface area contributed by atoms with Crippen molar-refractivity contribution in [2.75, 3.05) is 13.1 Å². The number of aliphatic hydroxyl groups is 1. The van der Waals surface area contributed by atoms with Crippen LogP contribution in [-0.4, -0.2) is 41.5 Å². The van der Waals surface area contributed by atoms with Gasteiger partial charge in [-0.25, -0.2) is 4.79 Å². The van der Waals surface area contributed by atoms with Gasteiger partial charge in [0.1, 0.15) is 0 Å². The fourth-order valence-electron chi connectivity index (χ4n) is 2.50. The second kappa shape index (κ2) is 11.0. The minimum atomic E-state index is -1.11. The van der Waals surface area contributed by atoms with E-state index in [2.05, 4.69) is 24.5 Å². The highest BCUT2D eigenvalue weighted by Crippen LogP contribution is 2.07. The number of nitrogens with one attached hydrogen (secondary N) is 2. The number of amides is 1. The molecule has 2 atom stereocenters. The Labute approximate surface area is 139 Å². The summed E-state index contributed by atoms with van der Waals surface area (Å²) in [5.41, 5.74) is 1.00.